The zero-order chi connectivity index (χ0) is 12.0. The quantitative estimate of drug-likeness (QED) is 0.707. The second-order valence-corrected chi connectivity index (χ2v) is 4.22. The Kier molecular flexibility index (Phi) is 5.11. The normalized spacial score (nSPS) is 16.8. The summed E-state index contributed by atoms with van der Waals surface area (Å²) in [6.07, 6.45) is 1.64. The number of rotatable bonds is 6. The third kappa shape index (κ3) is 2.90. The summed E-state index contributed by atoms with van der Waals surface area (Å²) in [5.41, 5.74) is 0.828. The molecule has 0 fully saturated rings. The second kappa shape index (κ2) is 6.13. The maximum Gasteiger partial charge on any atom is 0.116 e. The van der Waals surface area contributed by atoms with Gasteiger partial charge in [0.1, 0.15) is 5.22 Å². The van der Waals surface area contributed by atoms with Crippen LogP contribution in [0, 0.1) is 0 Å². The molecule has 0 N–H and O–H groups in total. The van der Waals surface area contributed by atoms with E-state index < -0.39 is 5.22 Å². The van der Waals surface area contributed by atoms with Crippen LogP contribution in [0.3, 0.4) is 0 Å². The Balaban J connectivity index is 2.96. The van der Waals surface area contributed by atoms with E-state index in [0.717, 1.165) is 5.69 Å². The zero-order valence-electron chi connectivity index (χ0n) is 10.1. The maximum atomic E-state index is 5.76. The highest BCUT2D eigenvalue weighted by molar-refractivity contribution is 6.15. The third-order valence-electron chi connectivity index (χ3n) is 2.41. The van der Waals surface area contributed by atoms with Gasteiger partial charge in [0.05, 0.1) is 22.0 Å². The Bertz CT molecular complexity index is 307. The van der Waals surface area contributed by atoms with Gasteiger partial charge in [0.25, 0.3) is 0 Å². The fourth-order valence-corrected chi connectivity index (χ4v) is 1.95. The van der Waals surface area contributed by atoms with Gasteiger partial charge in [-0.05, 0) is 32.9 Å². The molecule has 1 heterocycles. The van der Waals surface area contributed by atoms with E-state index in [2.05, 4.69) is 15.2 Å². The van der Waals surface area contributed by atoms with Gasteiger partial charge in [-0.3, -0.25) is 4.98 Å². The first-order chi connectivity index (χ1) is 7.65. The largest absolute Gasteiger partial charge is 0.376 e. The molecular formula is C12H18NO2Si. The van der Waals surface area contributed by atoms with Crippen molar-refractivity contribution < 1.29 is 9.47 Å². The van der Waals surface area contributed by atoms with Crippen molar-refractivity contribution in [2.45, 2.75) is 32.1 Å². The highest BCUT2D eigenvalue weighted by atomic mass is 28.1. The van der Waals surface area contributed by atoms with Gasteiger partial charge in [0.2, 0.25) is 0 Å². The minimum atomic E-state index is -0.675. The summed E-state index contributed by atoms with van der Waals surface area (Å²) in [5, 5.41) is -0.675. The number of pyridine rings is 1. The molecule has 2 unspecified atom stereocenters. The number of ether oxygens (including phenoxy) is 2. The Morgan fingerprint density at radius 2 is 2.12 bits per heavy atom. The molecule has 4 heteroatoms. The van der Waals surface area contributed by atoms with Gasteiger partial charge in [-0.2, -0.15) is 0 Å². The van der Waals surface area contributed by atoms with Crippen LogP contribution in [-0.2, 0) is 14.7 Å². The number of hydrogen-bond donors (Lipinski definition) is 0. The summed E-state index contributed by atoms with van der Waals surface area (Å²) < 4.78 is 11.4. The highest BCUT2D eigenvalue weighted by Crippen LogP contribution is 2.26. The van der Waals surface area contributed by atoms with E-state index in [1.54, 1.807) is 6.20 Å². The molecule has 0 aromatic carbocycles. The maximum absolute atomic E-state index is 5.76. The standard InChI is InChI=1S/C12H18NO2Si/c1-4-14-10(3)12(16,15-5-2)11-8-6-7-9-13-11/h6-10H,4-5H2,1-3H3. The average Bonchev–Trinajstić information content (AvgIpc) is 2.30. The SMILES string of the molecule is CCOC(C)C([Si])(OCC)c1ccccn1. The molecule has 1 aromatic rings. The average molecular weight is 236 g/mol. The van der Waals surface area contributed by atoms with Crippen molar-refractivity contribution >= 4 is 10.2 Å². The molecule has 0 aliphatic carbocycles. The molecule has 3 nitrogen and oxygen atoms in total. The van der Waals surface area contributed by atoms with Crippen LogP contribution in [0.2, 0.25) is 0 Å². The van der Waals surface area contributed by atoms with Crippen LogP contribution in [0.4, 0.5) is 0 Å². The molecular weight excluding hydrogens is 218 g/mol. The monoisotopic (exact) mass is 236 g/mol. The number of aromatic nitrogens is 1. The Hall–Kier alpha value is -0.713. The zero-order valence-corrected chi connectivity index (χ0v) is 11.1. The summed E-state index contributed by atoms with van der Waals surface area (Å²) in [6, 6.07) is 5.75. The first-order valence-corrected chi connectivity index (χ1v) is 6.07. The van der Waals surface area contributed by atoms with Crippen molar-refractivity contribution in [1.82, 2.24) is 4.98 Å². The Labute approximate surface area is 101 Å². The van der Waals surface area contributed by atoms with Crippen molar-refractivity contribution in [1.29, 1.82) is 0 Å². The van der Waals surface area contributed by atoms with Crippen LogP contribution in [0.25, 0.3) is 0 Å². The summed E-state index contributed by atoms with van der Waals surface area (Å²) in [7, 11) is 3.67. The summed E-state index contributed by atoms with van der Waals surface area (Å²) in [4.78, 5) is 4.32. The van der Waals surface area contributed by atoms with Crippen LogP contribution in [0.5, 0.6) is 0 Å². The van der Waals surface area contributed by atoms with Gasteiger partial charge in [-0.15, -0.1) is 0 Å². The van der Waals surface area contributed by atoms with Gasteiger partial charge in [0, 0.05) is 19.4 Å². The topological polar surface area (TPSA) is 31.4 Å². The van der Waals surface area contributed by atoms with E-state index >= 15 is 0 Å². The van der Waals surface area contributed by atoms with Crippen molar-refractivity contribution in [2.75, 3.05) is 13.2 Å². The van der Waals surface area contributed by atoms with E-state index in [1.807, 2.05) is 39.0 Å². The van der Waals surface area contributed by atoms with Crippen molar-refractivity contribution in [2.24, 2.45) is 0 Å². The molecule has 0 bridgehead atoms. The number of hydrogen-bond acceptors (Lipinski definition) is 3. The summed E-state index contributed by atoms with van der Waals surface area (Å²) in [5.74, 6) is 0. The minimum absolute atomic E-state index is 0.107. The van der Waals surface area contributed by atoms with Crippen LogP contribution in [0.15, 0.2) is 24.4 Å². The summed E-state index contributed by atoms with van der Waals surface area (Å²) >= 11 is 0. The van der Waals surface area contributed by atoms with E-state index in [9.17, 15) is 0 Å². The van der Waals surface area contributed by atoms with Crippen molar-refractivity contribution in [3.8, 4) is 0 Å². The molecule has 0 saturated heterocycles. The van der Waals surface area contributed by atoms with Crippen LogP contribution < -0.4 is 0 Å². The van der Waals surface area contributed by atoms with Gasteiger partial charge in [-0.1, -0.05) is 6.07 Å². The van der Waals surface area contributed by atoms with Gasteiger partial charge >= 0.3 is 0 Å². The molecule has 0 amide bonds. The molecule has 0 saturated carbocycles. The smallest absolute Gasteiger partial charge is 0.116 e. The second-order valence-electron chi connectivity index (χ2n) is 3.48. The Morgan fingerprint density at radius 1 is 1.38 bits per heavy atom. The van der Waals surface area contributed by atoms with Crippen molar-refractivity contribution in [3.63, 3.8) is 0 Å². The first-order valence-electron chi connectivity index (χ1n) is 5.57. The lowest BCUT2D eigenvalue weighted by molar-refractivity contribution is -0.0917. The summed E-state index contributed by atoms with van der Waals surface area (Å²) in [6.45, 7) is 7.13. The van der Waals surface area contributed by atoms with Crippen molar-refractivity contribution in [3.05, 3.63) is 30.1 Å². The molecule has 16 heavy (non-hydrogen) atoms. The Morgan fingerprint density at radius 3 is 2.62 bits per heavy atom. The fourth-order valence-electron chi connectivity index (χ4n) is 1.58. The molecule has 0 spiro atoms. The van der Waals surface area contributed by atoms with Gasteiger partial charge in [0.15, 0.2) is 0 Å². The predicted molar refractivity (Wildman–Crippen MR) is 64.4 cm³/mol. The molecule has 87 valence electrons. The molecule has 1 aromatic heterocycles. The van der Waals surface area contributed by atoms with Crippen LogP contribution in [0.1, 0.15) is 26.5 Å². The van der Waals surface area contributed by atoms with E-state index in [4.69, 9.17) is 9.47 Å². The third-order valence-corrected chi connectivity index (χ3v) is 3.21. The van der Waals surface area contributed by atoms with Gasteiger partial charge in [-0.25, -0.2) is 0 Å². The molecule has 3 radical (unpaired) electrons. The van der Waals surface area contributed by atoms with Gasteiger partial charge < -0.3 is 9.47 Å². The fraction of sp³-hybridized carbons (Fsp3) is 0.583. The minimum Gasteiger partial charge on any atom is -0.376 e. The van der Waals surface area contributed by atoms with Crippen LogP contribution >= 0.6 is 0 Å². The molecule has 2 atom stereocenters. The van der Waals surface area contributed by atoms with E-state index in [1.165, 1.54) is 0 Å². The highest BCUT2D eigenvalue weighted by Gasteiger charge is 2.35. The number of nitrogens with zero attached hydrogens (tertiary/aromatic N) is 1. The van der Waals surface area contributed by atoms with Crippen LogP contribution in [-0.4, -0.2) is 34.5 Å². The lowest BCUT2D eigenvalue weighted by Gasteiger charge is -2.34. The van der Waals surface area contributed by atoms with E-state index in [0.29, 0.717) is 13.2 Å². The predicted octanol–water partition coefficient (Wildman–Crippen LogP) is 1.86. The first kappa shape index (κ1) is 13.4. The lowest BCUT2D eigenvalue weighted by atomic mass is 10.1. The lowest BCUT2D eigenvalue weighted by Crippen LogP contribution is -2.43. The van der Waals surface area contributed by atoms with E-state index in [-0.39, 0.29) is 6.10 Å². The molecule has 0 aliphatic rings. The molecule has 0 aliphatic heterocycles. The molecule has 1 rings (SSSR count).